The Morgan fingerprint density at radius 2 is 0.750 bits per heavy atom. The summed E-state index contributed by atoms with van der Waals surface area (Å²) < 4.78 is 6.52. The lowest BCUT2D eigenvalue weighted by Gasteiger charge is -2.25. The van der Waals surface area contributed by atoms with Crippen LogP contribution in [0.5, 0.6) is 0 Å². The van der Waals surface area contributed by atoms with Crippen molar-refractivity contribution in [2.24, 2.45) is 0 Å². The van der Waals surface area contributed by atoms with Gasteiger partial charge in [0.1, 0.15) is 11.2 Å². The van der Waals surface area contributed by atoms with Crippen LogP contribution in [0.15, 0.2) is 211 Å². The van der Waals surface area contributed by atoms with Gasteiger partial charge in [-0.3, -0.25) is 0 Å². The lowest BCUT2D eigenvalue weighted by atomic mass is 10.0. The number of benzene rings is 8. The smallest absolute Gasteiger partial charge is 0.164 e. The van der Waals surface area contributed by atoms with Gasteiger partial charge in [0, 0.05) is 44.5 Å². The molecule has 0 atom stereocenters. The Labute approximate surface area is 324 Å². The highest BCUT2D eigenvalue weighted by molar-refractivity contribution is 6.07. The highest BCUT2D eigenvalue weighted by Gasteiger charge is 2.17. The first-order chi connectivity index (χ1) is 27.7. The van der Waals surface area contributed by atoms with Crippen molar-refractivity contribution < 1.29 is 4.42 Å². The summed E-state index contributed by atoms with van der Waals surface area (Å²) in [5.74, 6) is 1.89. The number of hydrogen-bond donors (Lipinski definition) is 0. The predicted molar refractivity (Wildman–Crippen MR) is 229 cm³/mol. The molecule has 0 amide bonds. The maximum atomic E-state index is 6.52. The minimum Gasteiger partial charge on any atom is -0.456 e. The molecule has 0 bridgehead atoms. The Morgan fingerprint density at radius 3 is 1.39 bits per heavy atom. The molecule has 10 aromatic rings. The highest BCUT2D eigenvalue weighted by atomic mass is 16.3. The molecule has 56 heavy (non-hydrogen) atoms. The number of rotatable bonds is 8. The first-order valence-electron chi connectivity index (χ1n) is 18.7. The van der Waals surface area contributed by atoms with E-state index in [9.17, 15) is 0 Å². The molecule has 264 valence electrons. The van der Waals surface area contributed by atoms with Crippen LogP contribution < -0.4 is 4.90 Å². The van der Waals surface area contributed by atoms with Gasteiger partial charge in [-0.15, -0.1) is 0 Å². The molecule has 0 radical (unpaired) electrons. The van der Waals surface area contributed by atoms with E-state index in [1.165, 1.54) is 11.1 Å². The summed E-state index contributed by atoms with van der Waals surface area (Å²) in [4.78, 5) is 17.1. The van der Waals surface area contributed by atoms with Gasteiger partial charge < -0.3 is 9.32 Å². The fraction of sp³-hybridized carbons (Fsp3) is 0. The van der Waals surface area contributed by atoms with E-state index >= 15 is 0 Å². The molecule has 0 spiro atoms. The molecule has 0 aliphatic carbocycles. The van der Waals surface area contributed by atoms with Gasteiger partial charge in [-0.1, -0.05) is 146 Å². The van der Waals surface area contributed by atoms with E-state index in [1.54, 1.807) is 0 Å². The Bertz CT molecular complexity index is 2890. The molecule has 2 heterocycles. The fourth-order valence-electron chi connectivity index (χ4n) is 7.32. The minimum absolute atomic E-state index is 0.620. The molecule has 0 N–H and O–H groups in total. The molecule has 10 rings (SSSR count). The third kappa shape index (κ3) is 6.37. The number of hydrogen-bond acceptors (Lipinski definition) is 5. The summed E-state index contributed by atoms with van der Waals surface area (Å²) in [6, 6.07) is 71.1. The molecule has 0 fully saturated rings. The van der Waals surface area contributed by atoms with Crippen molar-refractivity contribution in [2.75, 3.05) is 4.90 Å². The SMILES string of the molecule is c1ccc(-c2ccc(N(c3ccccc3)c3ccc4oc5cc(-c6cccc(-c7nc(-c8ccccc8)nc(-c8ccccc8)n7)c6)ccc5c4c3)cc2)cc1. The van der Waals surface area contributed by atoms with Crippen LogP contribution in [0.3, 0.4) is 0 Å². The van der Waals surface area contributed by atoms with Gasteiger partial charge in [0.2, 0.25) is 0 Å². The first kappa shape index (κ1) is 33.0. The monoisotopic (exact) mass is 718 g/mol. The van der Waals surface area contributed by atoms with E-state index < -0.39 is 0 Å². The third-order valence-electron chi connectivity index (χ3n) is 10.1. The minimum atomic E-state index is 0.620. The van der Waals surface area contributed by atoms with Crippen LogP contribution in [0.4, 0.5) is 17.1 Å². The van der Waals surface area contributed by atoms with Crippen LogP contribution >= 0.6 is 0 Å². The molecule has 0 aliphatic rings. The highest BCUT2D eigenvalue weighted by Crippen LogP contribution is 2.40. The van der Waals surface area contributed by atoms with Crippen molar-refractivity contribution >= 4 is 39.0 Å². The number of furan rings is 1. The second-order valence-electron chi connectivity index (χ2n) is 13.7. The number of anilines is 3. The van der Waals surface area contributed by atoms with E-state index in [-0.39, 0.29) is 0 Å². The number of nitrogens with zero attached hydrogens (tertiary/aromatic N) is 4. The lowest BCUT2D eigenvalue weighted by Crippen LogP contribution is -2.09. The fourth-order valence-corrected chi connectivity index (χ4v) is 7.32. The van der Waals surface area contributed by atoms with E-state index in [0.29, 0.717) is 17.5 Å². The molecular formula is C51H34N4O. The Hall–Kier alpha value is -7.63. The average molecular weight is 719 g/mol. The topological polar surface area (TPSA) is 55.1 Å². The molecule has 5 heteroatoms. The lowest BCUT2D eigenvalue weighted by molar-refractivity contribution is 0.669. The summed E-state index contributed by atoms with van der Waals surface area (Å²) >= 11 is 0. The molecule has 0 unspecified atom stereocenters. The first-order valence-corrected chi connectivity index (χ1v) is 18.7. The molecule has 8 aromatic carbocycles. The van der Waals surface area contributed by atoms with Gasteiger partial charge >= 0.3 is 0 Å². The van der Waals surface area contributed by atoms with Crippen molar-refractivity contribution in [3.05, 3.63) is 206 Å². The third-order valence-corrected chi connectivity index (χ3v) is 10.1. The van der Waals surface area contributed by atoms with E-state index in [1.807, 2.05) is 72.8 Å². The van der Waals surface area contributed by atoms with Gasteiger partial charge in [-0.2, -0.15) is 0 Å². The van der Waals surface area contributed by atoms with E-state index in [4.69, 9.17) is 19.4 Å². The van der Waals surface area contributed by atoms with Crippen molar-refractivity contribution in [1.82, 2.24) is 15.0 Å². The molecule has 2 aromatic heterocycles. The molecule has 0 saturated heterocycles. The van der Waals surface area contributed by atoms with Gasteiger partial charge in [0.15, 0.2) is 17.5 Å². The molecular weight excluding hydrogens is 685 g/mol. The average Bonchev–Trinajstić information content (AvgIpc) is 3.65. The van der Waals surface area contributed by atoms with Crippen LogP contribution in [0.2, 0.25) is 0 Å². The van der Waals surface area contributed by atoms with Crippen molar-refractivity contribution in [3.8, 4) is 56.4 Å². The summed E-state index contributed by atoms with van der Waals surface area (Å²) in [6.07, 6.45) is 0. The molecule has 0 saturated carbocycles. The normalized spacial score (nSPS) is 11.2. The summed E-state index contributed by atoms with van der Waals surface area (Å²) in [5, 5.41) is 2.12. The van der Waals surface area contributed by atoms with E-state index in [0.717, 1.165) is 66.8 Å². The quantitative estimate of drug-likeness (QED) is 0.157. The second-order valence-corrected chi connectivity index (χ2v) is 13.7. The zero-order valence-electron chi connectivity index (χ0n) is 30.3. The predicted octanol–water partition coefficient (Wildman–Crippen LogP) is 13.6. The van der Waals surface area contributed by atoms with Crippen molar-refractivity contribution in [2.45, 2.75) is 0 Å². The van der Waals surface area contributed by atoms with Crippen molar-refractivity contribution in [3.63, 3.8) is 0 Å². The van der Waals surface area contributed by atoms with Crippen LogP contribution in [-0.4, -0.2) is 15.0 Å². The van der Waals surface area contributed by atoms with Crippen LogP contribution in [0, 0.1) is 0 Å². The van der Waals surface area contributed by atoms with Crippen LogP contribution in [0.1, 0.15) is 0 Å². The van der Waals surface area contributed by atoms with Crippen LogP contribution in [0.25, 0.3) is 78.4 Å². The largest absolute Gasteiger partial charge is 0.456 e. The van der Waals surface area contributed by atoms with Gasteiger partial charge in [0.05, 0.1) is 0 Å². The maximum Gasteiger partial charge on any atom is 0.164 e. The Balaban J connectivity index is 1.01. The Kier molecular flexibility index (Phi) is 8.43. The van der Waals surface area contributed by atoms with E-state index in [2.05, 4.69) is 138 Å². The zero-order chi connectivity index (χ0) is 37.3. The summed E-state index contributed by atoms with van der Waals surface area (Å²) in [7, 11) is 0. The maximum absolute atomic E-state index is 6.52. The van der Waals surface area contributed by atoms with Gasteiger partial charge in [0.25, 0.3) is 0 Å². The molecule has 5 nitrogen and oxygen atoms in total. The molecule has 0 aliphatic heterocycles. The summed E-state index contributed by atoms with van der Waals surface area (Å²) in [5.41, 5.74) is 12.1. The zero-order valence-corrected chi connectivity index (χ0v) is 30.3. The standard InChI is InChI=1S/C51H34N4O/c1-5-14-35(15-6-1)36-24-27-43(28-25-36)55(42-22-11-4-12-23-42)44-29-31-47-46(34-44)45-30-26-40(33-48(45)56-47)39-20-13-21-41(32-39)51-53-49(37-16-7-2-8-17-37)52-50(54-51)38-18-9-3-10-19-38/h1-34H. The summed E-state index contributed by atoms with van der Waals surface area (Å²) in [6.45, 7) is 0. The Morgan fingerprint density at radius 1 is 0.286 bits per heavy atom. The number of aromatic nitrogens is 3. The number of para-hydroxylation sites is 1. The van der Waals surface area contributed by atoms with Gasteiger partial charge in [-0.25, -0.2) is 15.0 Å². The van der Waals surface area contributed by atoms with Crippen molar-refractivity contribution in [1.29, 1.82) is 0 Å². The van der Waals surface area contributed by atoms with Crippen LogP contribution in [-0.2, 0) is 0 Å². The van der Waals surface area contributed by atoms with Gasteiger partial charge in [-0.05, 0) is 82.9 Å². The number of fused-ring (bicyclic) bond motifs is 3. The second kappa shape index (κ2) is 14.3.